The lowest BCUT2D eigenvalue weighted by Gasteiger charge is -2.31. The second-order valence-electron chi connectivity index (χ2n) is 6.83. The van der Waals surface area contributed by atoms with Gasteiger partial charge in [0.2, 0.25) is 11.8 Å². The fourth-order valence-corrected chi connectivity index (χ4v) is 3.69. The zero-order valence-corrected chi connectivity index (χ0v) is 17.1. The number of amides is 3. The summed E-state index contributed by atoms with van der Waals surface area (Å²) in [5, 5.41) is 5.47. The normalized spacial score (nSPS) is 16.5. The first-order valence-electron chi connectivity index (χ1n) is 9.09. The molecule has 7 nitrogen and oxygen atoms in total. The predicted molar refractivity (Wildman–Crippen MR) is 108 cm³/mol. The SMILES string of the molecule is Cc1cc(Br)ccc1NC(=O)CNC(=O)[C@@H]1CCCN(C(=O)c2ccoc2)C1. The van der Waals surface area contributed by atoms with E-state index in [9.17, 15) is 14.4 Å². The zero-order valence-electron chi connectivity index (χ0n) is 15.5. The molecule has 0 aliphatic carbocycles. The maximum absolute atomic E-state index is 12.5. The first-order valence-corrected chi connectivity index (χ1v) is 9.88. The van der Waals surface area contributed by atoms with Gasteiger partial charge in [0.25, 0.3) is 5.91 Å². The first kappa shape index (κ1) is 20.1. The van der Waals surface area contributed by atoms with Crippen LogP contribution in [0.3, 0.4) is 0 Å². The molecule has 1 aromatic carbocycles. The average molecular weight is 448 g/mol. The second kappa shape index (κ2) is 9.05. The first-order chi connectivity index (χ1) is 13.4. The van der Waals surface area contributed by atoms with Crippen molar-refractivity contribution in [2.24, 2.45) is 5.92 Å². The Labute approximate surface area is 171 Å². The molecule has 8 heteroatoms. The monoisotopic (exact) mass is 447 g/mol. The highest BCUT2D eigenvalue weighted by molar-refractivity contribution is 9.10. The highest BCUT2D eigenvalue weighted by atomic mass is 79.9. The lowest BCUT2D eigenvalue weighted by Crippen LogP contribution is -2.46. The van der Waals surface area contributed by atoms with Gasteiger partial charge in [0.1, 0.15) is 6.26 Å². The maximum Gasteiger partial charge on any atom is 0.257 e. The van der Waals surface area contributed by atoms with Crippen LogP contribution in [0.2, 0.25) is 0 Å². The van der Waals surface area contributed by atoms with Gasteiger partial charge in [0.15, 0.2) is 0 Å². The van der Waals surface area contributed by atoms with Crippen molar-refractivity contribution in [3.8, 4) is 0 Å². The van der Waals surface area contributed by atoms with Crippen LogP contribution in [0, 0.1) is 12.8 Å². The van der Waals surface area contributed by atoms with Crippen molar-refractivity contribution in [3.63, 3.8) is 0 Å². The number of anilines is 1. The number of nitrogens with zero attached hydrogens (tertiary/aromatic N) is 1. The molecule has 1 aromatic heterocycles. The summed E-state index contributed by atoms with van der Waals surface area (Å²) in [6.07, 6.45) is 4.29. The predicted octanol–water partition coefficient (Wildman–Crippen LogP) is 2.96. The van der Waals surface area contributed by atoms with Crippen LogP contribution < -0.4 is 10.6 Å². The fourth-order valence-electron chi connectivity index (χ4n) is 3.22. The van der Waals surface area contributed by atoms with E-state index in [0.717, 1.165) is 16.5 Å². The molecule has 1 saturated heterocycles. The van der Waals surface area contributed by atoms with Gasteiger partial charge >= 0.3 is 0 Å². The van der Waals surface area contributed by atoms with E-state index in [2.05, 4.69) is 26.6 Å². The number of rotatable bonds is 5. The van der Waals surface area contributed by atoms with Crippen molar-refractivity contribution in [1.82, 2.24) is 10.2 Å². The Morgan fingerprint density at radius 3 is 2.82 bits per heavy atom. The molecule has 1 aliphatic heterocycles. The summed E-state index contributed by atoms with van der Waals surface area (Å²) in [7, 11) is 0. The average Bonchev–Trinajstić information content (AvgIpc) is 3.22. The fraction of sp³-hybridized carbons (Fsp3) is 0.350. The zero-order chi connectivity index (χ0) is 20.1. The summed E-state index contributed by atoms with van der Waals surface area (Å²) in [4.78, 5) is 38.7. The second-order valence-corrected chi connectivity index (χ2v) is 7.74. The van der Waals surface area contributed by atoms with Gasteiger partial charge in [0.05, 0.1) is 24.3 Å². The third-order valence-electron chi connectivity index (χ3n) is 4.73. The molecule has 3 amide bonds. The lowest BCUT2D eigenvalue weighted by molar-refractivity contribution is -0.128. The van der Waals surface area contributed by atoms with E-state index in [1.165, 1.54) is 12.5 Å². The van der Waals surface area contributed by atoms with Crippen LogP contribution in [0.4, 0.5) is 5.69 Å². The molecule has 148 valence electrons. The molecule has 1 aliphatic rings. The lowest BCUT2D eigenvalue weighted by atomic mass is 9.96. The number of halogens is 1. The molecule has 0 spiro atoms. The largest absolute Gasteiger partial charge is 0.472 e. The Morgan fingerprint density at radius 2 is 2.11 bits per heavy atom. The topological polar surface area (TPSA) is 91.7 Å². The van der Waals surface area contributed by atoms with Crippen molar-refractivity contribution in [2.75, 3.05) is 25.0 Å². The van der Waals surface area contributed by atoms with Crippen LogP contribution in [0.5, 0.6) is 0 Å². The van der Waals surface area contributed by atoms with Crippen LogP contribution in [0.15, 0.2) is 45.7 Å². The van der Waals surface area contributed by atoms with Crippen LogP contribution >= 0.6 is 15.9 Å². The smallest absolute Gasteiger partial charge is 0.257 e. The molecule has 2 heterocycles. The van der Waals surface area contributed by atoms with E-state index in [1.807, 2.05) is 19.1 Å². The Bertz CT molecular complexity index is 866. The highest BCUT2D eigenvalue weighted by Gasteiger charge is 2.29. The van der Waals surface area contributed by atoms with Crippen molar-refractivity contribution >= 4 is 39.3 Å². The minimum absolute atomic E-state index is 0.111. The number of benzene rings is 1. The molecule has 3 rings (SSSR count). The van der Waals surface area contributed by atoms with Gasteiger partial charge in [-0.25, -0.2) is 0 Å². The Morgan fingerprint density at radius 1 is 1.29 bits per heavy atom. The van der Waals surface area contributed by atoms with Crippen molar-refractivity contribution < 1.29 is 18.8 Å². The standard InChI is InChI=1S/C20H22BrN3O4/c1-13-9-16(21)4-5-17(13)23-18(25)10-22-19(26)14-3-2-7-24(11-14)20(27)15-6-8-28-12-15/h4-6,8-9,12,14H,2-3,7,10-11H2,1H3,(H,22,26)(H,23,25)/t14-/m1/s1. The van der Waals surface area contributed by atoms with E-state index in [-0.39, 0.29) is 30.2 Å². The number of hydrogen-bond acceptors (Lipinski definition) is 4. The minimum atomic E-state index is -0.327. The van der Waals surface area contributed by atoms with E-state index in [4.69, 9.17) is 4.42 Å². The van der Waals surface area contributed by atoms with Gasteiger partial charge in [-0.05, 0) is 49.6 Å². The molecule has 1 atom stereocenters. The van der Waals surface area contributed by atoms with Gasteiger partial charge < -0.3 is 20.0 Å². The van der Waals surface area contributed by atoms with Gasteiger partial charge in [-0.15, -0.1) is 0 Å². The molecule has 0 bridgehead atoms. The van der Waals surface area contributed by atoms with Crippen molar-refractivity contribution in [2.45, 2.75) is 19.8 Å². The Kier molecular flexibility index (Phi) is 6.51. The van der Waals surface area contributed by atoms with E-state index >= 15 is 0 Å². The maximum atomic E-state index is 12.5. The van der Waals surface area contributed by atoms with Gasteiger partial charge in [-0.1, -0.05) is 15.9 Å². The van der Waals surface area contributed by atoms with Crippen LogP contribution in [0.1, 0.15) is 28.8 Å². The van der Waals surface area contributed by atoms with Gasteiger partial charge in [0, 0.05) is 23.2 Å². The number of nitrogens with one attached hydrogen (secondary N) is 2. The third-order valence-corrected chi connectivity index (χ3v) is 5.23. The van der Waals surface area contributed by atoms with E-state index in [0.29, 0.717) is 30.8 Å². The Balaban J connectivity index is 1.50. The molecule has 0 radical (unpaired) electrons. The third kappa shape index (κ3) is 5.01. The van der Waals surface area contributed by atoms with E-state index in [1.54, 1.807) is 17.0 Å². The van der Waals surface area contributed by atoms with E-state index < -0.39 is 0 Å². The Hall–Kier alpha value is -2.61. The summed E-state index contributed by atoms with van der Waals surface area (Å²) in [5.41, 5.74) is 2.11. The van der Waals surface area contributed by atoms with Crippen molar-refractivity contribution in [1.29, 1.82) is 0 Å². The number of furan rings is 1. The van der Waals surface area contributed by atoms with Crippen LogP contribution in [-0.4, -0.2) is 42.3 Å². The van der Waals surface area contributed by atoms with Crippen LogP contribution in [0.25, 0.3) is 0 Å². The number of aryl methyl sites for hydroxylation is 1. The summed E-state index contributed by atoms with van der Waals surface area (Å²) in [5.74, 6) is -0.977. The minimum Gasteiger partial charge on any atom is -0.472 e. The van der Waals surface area contributed by atoms with Crippen molar-refractivity contribution in [3.05, 3.63) is 52.4 Å². The van der Waals surface area contributed by atoms with Gasteiger partial charge in [-0.3, -0.25) is 14.4 Å². The molecular formula is C20H22BrN3O4. The quantitative estimate of drug-likeness (QED) is 0.736. The molecule has 0 unspecified atom stereocenters. The molecule has 28 heavy (non-hydrogen) atoms. The summed E-state index contributed by atoms with van der Waals surface area (Å²) >= 11 is 3.38. The number of piperidine rings is 1. The number of carbonyl (C=O) groups excluding carboxylic acids is 3. The number of hydrogen-bond donors (Lipinski definition) is 2. The summed E-state index contributed by atoms with van der Waals surface area (Å²) < 4.78 is 5.89. The molecule has 1 fully saturated rings. The van der Waals surface area contributed by atoms with Gasteiger partial charge in [-0.2, -0.15) is 0 Å². The summed E-state index contributed by atoms with van der Waals surface area (Å²) in [6, 6.07) is 7.16. The number of carbonyl (C=O) groups is 3. The number of likely N-dealkylation sites (tertiary alicyclic amines) is 1. The molecule has 2 aromatic rings. The highest BCUT2D eigenvalue weighted by Crippen LogP contribution is 2.20. The molecular weight excluding hydrogens is 426 g/mol. The summed E-state index contributed by atoms with van der Waals surface area (Å²) in [6.45, 7) is 2.73. The molecule has 0 saturated carbocycles. The van der Waals surface area contributed by atoms with Crippen LogP contribution in [-0.2, 0) is 9.59 Å². The molecule has 2 N–H and O–H groups in total.